The first-order valence-electron chi connectivity index (χ1n) is 11.6. The van der Waals surface area contributed by atoms with E-state index >= 15 is 0 Å². The molecular weight excluding hydrogens is 534 g/mol. The van der Waals surface area contributed by atoms with E-state index in [4.69, 9.17) is 9.47 Å². The SMILES string of the molecule is O=C(COC(=O)[C@@H]1CS[C@]2(c3ccc(Br)cc3)CCC(=O)N12)Nc1ccc(N2CCOCC2)cc1. The number of hydrogen-bond acceptors (Lipinski definition) is 7. The molecule has 5 rings (SSSR count). The number of anilines is 2. The maximum Gasteiger partial charge on any atom is 0.330 e. The number of rotatable bonds is 6. The van der Waals surface area contributed by atoms with Crippen LogP contribution in [0.15, 0.2) is 53.0 Å². The number of ether oxygens (including phenoxy) is 2. The molecule has 0 aliphatic carbocycles. The summed E-state index contributed by atoms with van der Waals surface area (Å²) in [4.78, 5) is 41.4. The Morgan fingerprint density at radius 1 is 1.11 bits per heavy atom. The summed E-state index contributed by atoms with van der Waals surface area (Å²) in [5.74, 6) is -0.602. The summed E-state index contributed by atoms with van der Waals surface area (Å²) in [5, 5.41) is 2.76. The number of fused-ring (bicyclic) bond motifs is 1. The lowest BCUT2D eigenvalue weighted by Gasteiger charge is -2.33. The second-order valence-electron chi connectivity index (χ2n) is 8.68. The second kappa shape index (κ2) is 10.2. The molecule has 2 aromatic carbocycles. The molecule has 10 heteroatoms. The summed E-state index contributed by atoms with van der Waals surface area (Å²) in [7, 11) is 0. The molecule has 3 heterocycles. The molecule has 3 aliphatic rings. The number of halogens is 1. The minimum Gasteiger partial charge on any atom is -0.454 e. The van der Waals surface area contributed by atoms with Crippen LogP contribution in [0, 0.1) is 0 Å². The lowest BCUT2D eigenvalue weighted by molar-refractivity contribution is -0.155. The number of thioether (sulfide) groups is 1. The topological polar surface area (TPSA) is 88.2 Å². The first kappa shape index (κ1) is 24.1. The average molecular weight is 560 g/mol. The molecule has 35 heavy (non-hydrogen) atoms. The summed E-state index contributed by atoms with van der Waals surface area (Å²) < 4.78 is 11.7. The maximum atomic E-state index is 12.9. The van der Waals surface area contributed by atoms with Crippen LogP contribution in [0.5, 0.6) is 0 Å². The number of carbonyl (C=O) groups excluding carboxylic acids is 3. The molecular formula is C25H26BrN3O5S. The fourth-order valence-corrected chi connectivity index (χ4v) is 6.74. The Morgan fingerprint density at radius 2 is 1.83 bits per heavy atom. The number of carbonyl (C=O) groups is 3. The fourth-order valence-electron chi connectivity index (χ4n) is 4.83. The van der Waals surface area contributed by atoms with Crippen molar-refractivity contribution < 1.29 is 23.9 Å². The molecule has 2 amide bonds. The molecule has 2 atom stereocenters. The molecule has 0 radical (unpaired) electrons. The van der Waals surface area contributed by atoms with Crippen molar-refractivity contribution in [3.05, 3.63) is 58.6 Å². The van der Waals surface area contributed by atoms with E-state index in [1.807, 2.05) is 48.5 Å². The molecule has 2 aromatic rings. The van der Waals surface area contributed by atoms with E-state index in [-0.39, 0.29) is 5.91 Å². The van der Waals surface area contributed by atoms with E-state index in [2.05, 4.69) is 26.1 Å². The first-order valence-corrected chi connectivity index (χ1v) is 13.4. The smallest absolute Gasteiger partial charge is 0.330 e. The van der Waals surface area contributed by atoms with Crippen LogP contribution < -0.4 is 10.2 Å². The largest absolute Gasteiger partial charge is 0.454 e. The van der Waals surface area contributed by atoms with Gasteiger partial charge in [0.25, 0.3) is 5.91 Å². The van der Waals surface area contributed by atoms with Gasteiger partial charge in [-0.1, -0.05) is 28.1 Å². The third-order valence-corrected chi connectivity index (χ3v) is 8.69. The van der Waals surface area contributed by atoms with Gasteiger partial charge in [-0.15, -0.1) is 11.8 Å². The Balaban J connectivity index is 1.17. The highest BCUT2D eigenvalue weighted by Gasteiger charge is 2.57. The molecule has 0 aromatic heterocycles. The van der Waals surface area contributed by atoms with Gasteiger partial charge in [0.05, 0.1) is 13.2 Å². The van der Waals surface area contributed by atoms with Gasteiger partial charge in [-0.3, -0.25) is 9.59 Å². The fraction of sp³-hybridized carbons (Fsp3) is 0.400. The second-order valence-corrected chi connectivity index (χ2v) is 10.9. The van der Waals surface area contributed by atoms with Gasteiger partial charge < -0.3 is 24.6 Å². The van der Waals surface area contributed by atoms with Crippen molar-refractivity contribution in [3.8, 4) is 0 Å². The summed E-state index contributed by atoms with van der Waals surface area (Å²) >= 11 is 5.03. The van der Waals surface area contributed by atoms with Gasteiger partial charge >= 0.3 is 5.97 Å². The van der Waals surface area contributed by atoms with E-state index < -0.39 is 29.4 Å². The van der Waals surface area contributed by atoms with Crippen molar-refractivity contribution in [2.45, 2.75) is 23.8 Å². The Kier molecular flexibility index (Phi) is 7.04. The minimum atomic E-state index is -0.709. The molecule has 8 nitrogen and oxygen atoms in total. The first-order chi connectivity index (χ1) is 17.0. The Labute approximate surface area is 216 Å². The standard InChI is InChI=1S/C25H26BrN3O5S/c26-18-3-1-17(2-4-18)25-10-9-23(31)29(25)21(16-35-25)24(32)34-15-22(30)27-19-5-7-20(8-6-19)28-11-13-33-14-12-28/h1-8,21H,9-16H2,(H,27,30)/t21-,25-/m0/s1. The zero-order chi connectivity index (χ0) is 24.4. The van der Waals surface area contributed by atoms with Crippen LogP contribution in [-0.2, 0) is 28.7 Å². The lowest BCUT2D eigenvalue weighted by atomic mass is 10.0. The monoisotopic (exact) mass is 559 g/mol. The van der Waals surface area contributed by atoms with Gasteiger partial charge in [0, 0.05) is 41.1 Å². The normalized spacial score (nSPS) is 23.8. The molecule has 0 unspecified atom stereocenters. The Hall–Kier alpha value is -2.56. The summed E-state index contributed by atoms with van der Waals surface area (Å²) in [5.41, 5.74) is 2.69. The third kappa shape index (κ3) is 4.92. The van der Waals surface area contributed by atoms with E-state index in [0.29, 0.717) is 37.5 Å². The van der Waals surface area contributed by atoms with Gasteiger partial charge in [0.1, 0.15) is 10.9 Å². The van der Waals surface area contributed by atoms with Crippen molar-refractivity contribution >= 4 is 56.9 Å². The van der Waals surface area contributed by atoms with Crippen molar-refractivity contribution in [2.75, 3.05) is 48.9 Å². The number of esters is 1. The van der Waals surface area contributed by atoms with E-state index in [1.54, 1.807) is 16.7 Å². The van der Waals surface area contributed by atoms with E-state index in [9.17, 15) is 14.4 Å². The molecule has 0 bridgehead atoms. The molecule has 1 N–H and O–H groups in total. The predicted molar refractivity (Wildman–Crippen MR) is 137 cm³/mol. The number of hydrogen-bond donors (Lipinski definition) is 1. The van der Waals surface area contributed by atoms with Crippen molar-refractivity contribution in [2.24, 2.45) is 0 Å². The summed E-state index contributed by atoms with van der Waals surface area (Å²) in [6, 6.07) is 14.7. The molecule has 3 aliphatic heterocycles. The maximum absolute atomic E-state index is 12.9. The number of morpholine rings is 1. The van der Waals surface area contributed by atoms with E-state index in [0.717, 1.165) is 28.8 Å². The Bertz CT molecular complexity index is 1110. The highest BCUT2D eigenvalue weighted by molar-refractivity contribution is 9.10. The third-order valence-electron chi connectivity index (χ3n) is 6.57. The zero-order valence-corrected chi connectivity index (χ0v) is 21.5. The molecule has 3 saturated heterocycles. The van der Waals surface area contributed by atoms with Crippen LogP contribution in [0.3, 0.4) is 0 Å². The van der Waals surface area contributed by atoms with Crippen molar-refractivity contribution in [1.29, 1.82) is 0 Å². The number of nitrogens with one attached hydrogen (secondary N) is 1. The van der Waals surface area contributed by atoms with Crippen LogP contribution in [-0.4, -0.2) is 67.4 Å². The van der Waals surface area contributed by atoms with Crippen LogP contribution in [0.25, 0.3) is 0 Å². The number of nitrogens with zero attached hydrogens (tertiary/aromatic N) is 2. The predicted octanol–water partition coefficient (Wildman–Crippen LogP) is 3.36. The average Bonchev–Trinajstić information content (AvgIpc) is 3.43. The van der Waals surface area contributed by atoms with Crippen molar-refractivity contribution in [1.82, 2.24) is 4.90 Å². The van der Waals surface area contributed by atoms with Crippen molar-refractivity contribution in [3.63, 3.8) is 0 Å². The summed E-state index contributed by atoms with van der Waals surface area (Å²) in [6.45, 7) is 2.68. The lowest BCUT2D eigenvalue weighted by Crippen LogP contribution is -2.47. The number of benzene rings is 2. The van der Waals surface area contributed by atoms with Gasteiger partial charge in [-0.2, -0.15) is 0 Å². The quantitative estimate of drug-likeness (QED) is 0.543. The van der Waals surface area contributed by atoms with Crippen LogP contribution in [0.1, 0.15) is 18.4 Å². The molecule has 0 saturated carbocycles. The van der Waals surface area contributed by atoms with Gasteiger partial charge in [0.15, 0.2) is 6.61 Å². The van der Waals surface area contributed by atoms with Crippen LogP contribution in [0.2, 0.25) is 0 Å². The molecule has 0 spiro atoms. The summed E-state index contributed by atoms with van der Waals surface area (Å²) in [6.07, 6.45) is 1.02. The van der Waals surface area contributed by atoms with Crippen LogP contribution >= 0.6 is 27.7 Å². The van der Waals surface area contributed by atoms with Gasteiger partial charge in [-0.25, -0.2) is 4.79 Å². The molecule has 184 valence electrons. The van der Waals surface area contributed by atoms with Gasteiger partial charge in [0.2, 0.25) is 5.91 Å². The minimum absolute atomic E-state index is 0.0651. The van der Waals surface area contributed by atoms with E-state index in [1.165, 1.54) is 0 Å². The highest BCUT2D eigenvalue weighted by atomic mass is 79.9. The Morgan fingerprint density at radius 3 is 2.54 bits per heavy atom. The number of amides is 2. The zero-order valence-electron chi connectivity index (χ0n) is 19.1. The van der Waals surface area contributed by atoms with Gasteiger partial charge in [-0.05, 0) is 48.4 Å². The van der Waals surface area contributed by atoms with Crippen LogP contribution in [0.4, 0.5) is 11.4 Å². The molecule has 3 fully saturated rings. The highest BCUT2D eigenvalue weighted by Crippen LogP contribution is 2.54.